The van der Waals surface area contributed by atoms with Crippen molar-refractivity contribution < 1.29 is 19.3 Å². The van der Waals surface area contributed by atoms with Crippen LogP contribution in [0.5, 0.6) is 0 Å². The van der Waals surface area contributed by atoms with Gasteiger partial charge in [0.05, 0.1) is 12.8 Å². The van der Waals surface area contributed by atoms with Crippen molar-refractivity contribution in [2.75, 3.05) is 0 Å². The van der Waals surface area contributed by atoms with Gasteiger partial charge in [-0.25, -0.2) is 0 Å². The maximum Gasteiger partial charge on any atom is 0.324 e. The van der Waals surface area contributed by atoms with Gasteiger partial charge >= 0.3 is 11.9 Å². The molecule has 0 aromatic heterocycles. The van der Waals surface area contributed by atoms with E-state index in [4.69, 9.17) is 0 Å². The highest BCUT2D eigenvalue weighted by atomic mass is 16.7. The Labute approximate surface area is 76.1 Å². The second-order valence-electron chi connectivity index (χ2n) is 3.50. The number of nitrogens with two attached hydrogens (primary N) is 2. The van der Waals surface area contributed by atoms with E-state index >= 15 is 0 Å². The van der Waals surface area contributed by atoms with E-state index in [2.05, 4.69) is 21.5 Å². The Balaban J connectivity index is 4.07. The lowest BCUT2D eigenvalue weighted by molar-refractivity contribution is -0.150. The largest absolute Gasteiger partial charge is 0.373 e. The first-order valence-corrected chi connectivity index (χ1v) is 3.70. The molecule has 0 aromatic carbocycles. The predicted molar refractivity (Wildman–Crippen MR) is 43.6 cm³/mol. The highest BCUT2D eigenvalue weighted by molar-refractivity contribution is 5.73. The third-order valence-corrected chi connectivity index (χ3v) is 1.51. The average molecular weight is 190 g/mol. The van der Waals surface area contributed by atoms with Crippen LogP contribution < -0.4 is 11.8 Å². The third-order valence-electron chi connectivity index (χ3n) is 1.51. The van der Waals surface area contributed by atoms with Crippen molar-refractivity contribution in [2.24, 2.45) is 17.2 Å². The molecule has 0 bridgehead atoms. The fourth-order valence-electron chi connectivity index (χ4n) is 0.927. The number of hydrogen-bond acceptors (Lipinski definition) is 6. The van der Waals surface area contributed by atoms with Crippen molar-refractivity contribution in [3.8, 4) is 0 Å². The summed E-state index contributed by atoms with van der Waals surface area (Å²) in [5.74, 6) is 8.16. The zero-order valence-electron chi connectivity index (χ0n) is 7.70. The zero-order chi connectivity index (χ0) is 10.5. The van der Waals surface area contributed by atoms with Crippen molar-refractivity contribution in [2.45, 2.75) is 26.7 Å². The Morgan fingerprint density at radius 1 is 1.08 bits per heavy atom. The lowest BCUT2D eigenvalue weighted by atomic mass is 9.86. The van der Waals surface area contributed by atoms with E-state index in [-0.39, 0.29) is 12.8 Å². The molecular weight excluding hydrogens is 176 g/mol. The van der Waals surface area contributed by atoms with Gasteiger partial charge in [0.25, 0.3) is 0 Å². The summed E-state index contributed by atoms with van der Waals surface area (Å²) >= 11 is 0. The van der Waals surface area contributed by atoms with Crippen molar-refractivity contribution in [1.82, 2.24) is 0 Å². The third kappa shape index (κ3) is 5.15. The van der Waals surface area contributed by atoms with Crippen LogP contribution in [0.2, 0.25) is 0 Å². The Kier molecular flexibility index (Phi) is 4.36. The molecule has 0 spiro atoms. The first-order chi connectivity index (χ1) is 5.91. The first-order valence-electron chi connectivity index (χ1n) is 3.70. The Morgan fingerprint density at radius 2 is 1.38 bits per heavy atom. The van der Waals surface area contributed by atoms with Crippen molar-refractivity contribution in [1.29, 1.82) is 0 Å². The Morgan fingerprint density at radius 3 is 1.62 bits per heavy atom. The predicted octanol–water partition coefficient (Wildman–Crippen LogP) is -0.373. The van der Waals surface area contributed by atoms with Crippen LogP contribution >= 0.6 is 0 Å². The average Bonchev–Trinajstić information content (AvgIpc) is 2.02. The van der Waals surface area contributed by atoms with Gasteiger partial charge in [-0.2, -0.15) is 11.8 Å². The molecule has 0 radical (unpaired) electrons. The topological polar surface area (TPSA) is 105 Å². The lowest BCUT2D eigenvalue weighted by Gasteiger charge is -2.20. The van der Waals surface area contributed by atoms with Gasteiger partial charge in [0.15, 0.2) is 0 Å². The molecule has 6 nitrogen and oxygen atoms in total. The normalized spacial score (nSPS) is 10.8. The maximum absolute atomic E-state index is 10.8. The van der Waals surface area contributed by atoms with Crippen LogP contribution in [0.4, 0.5) is 0 Å². The summed E-state index contributed by atoms with van der Waals surface area (Å²) in [6.45, 7) is 3.42. The lowest BCUT2D eigenvalue weighted by Crippen LogP contribution is -2.25. The minimum Gasteiger partial charge on any atom is -0.373 e. The van der Waals surface area contributed by atoms with Crippen LogP contribution in [0.3, 0.4) is 0 Å². The van der Waals surface area contributed by atoms with Crippen molar-refractivity contribution >= 4 is 11.9 Å². The molecule has 13 heavy (non-hydrogen) atoms. The summed E-state index contributed by atoms with van der Waals surface area (Å²) in [6.07, 6.45) is 0.0806. The van der Waals surface area contributed by atoms with Crippen molar-refractivity contribution in [3.05, 3.63) is 0 Å². The molecule has 0 fully saturated rings. The number of hydrogen-bond donors (Lipinski definition) is 2. The molecular formula is C7H14N2O4. The van der Waals surface area contributed by atoms with Crippen molar-refractivity contribution in [3.63, 3.8) is 0 Å². The van der Waals surface area contributed by atoms with Gasteiger partial charge in [0.1, 0.15) is 0 Å². The van der Waals surface area contributed by atoms with E-state index < -0.39 is 17.4 Å². The summed E-state index contributed by atoms with van der Waals surface area (Å²) in [4.78, 5) is 29.5. The fraction of sp³-hybridized carbons (Fsp3) is 0.714. The van der Waals surface area contributed by atoms with E-state index in [0.717, 1.165) is 0 Å². The highest BCUT2D eigenvalue weighted by Gasteiger charge is 2.26. The molecule has 0 unspecified atom stereocenters. The summed E-state index contributed by atoms with van der Waals surface area (Å²) in [5.41, 5.74) is -0.563. The van der Waals surface area contributed by atoms with E-state index in [1.165, 1.54) is 0 Å². The number of rotatable bonds is 4. The monoisotopic (exact) mass is 190 g/mol. The minimum absolute atomic E-state index is 0.0403. The maximum atomic E-state index is 10.8. The van der Waals surface area contributed by atoms with Crippen LogP contribution in [0.1, 0.15) is 26.7 Å². The van der Waals surface area contributed by atoms with Gasteiger partial charge in [-0.05, 0) is 5.41 Å². The van der Waals surface area contributed by atoms with Crippen LogP contribution in [0, 0.1) is 5.41 Å². The van der Waals surface area contributed by atoms with Crippen LogP contribution in [0.15, 0.2) is 0 Å². The molecule has 0 amide bonds. The molecule has 0 rings (SSSR count). The molecule has 4 N–H and O–H groups in total. The molecule has 0 saturated carbocycles. The van der Waals surface area contributed by atoms with E-state index in [0.29, 0.717) is 0 Å². The second kappa shape index (κ2) is 4.78. The van der Waals surface area contributed by atoms with E-state index in [9.17, 15) is 9.59 Å². The first kappa shape index (κ1) is 11.9. The van der Waals surface area contributed by atoms with Crippen LogP contribution in [0.25, 0.3) is 0 Å². The van der Waals surface area contributed by atoms with Gasteiger partial charge < -0.3 is 9.68 Å². The standard InChI is InChI=1S/C7H14N2O4/c1-7(2,3-5(10)12-8)4-6(11)13-9/h3-4,8-9H2,1-2H3. The van der Waals surface area contributed by atoms with Crippen LogP contribution in [-0.4, -0.2) is 11.9 Å². The van der Waals surface area contributed by atoms with Gasteiger partial charge in [0, 0.05) is 0 Å². The van der Waals surface area contributed by atoms with E-state index in [1.54, 1.807) is 13.8 Å². The highest BCUT2D eigenvalue weighted by Crippen LogP contribution is 2.25. The van der Waals surface area contributed by atoms with Gasteiger partial charge in [0.2, 0.25) is 0 Å². The van der Waals surface area contributed by atoms with Gasteiger partial charge in [-0.3, -0.25) is 9.59 Å². The summed E-state index contributed by atoms with van der Waals surface area (Å²) < 4.78 is 0. The quantitative estimate of drug-likeness (QED) is 0.586. The molecule has 0 aliphatic carbocycles. The van der Waals surface area contributed by atoms with Gasteiger partial charge in [-0.15, -0.1) is 0 Å². The Hall–Kier alpha value is -1.14. The molecule has 76 valence electrons. The van der Waals surface area contributed by atoms with Gasteiger partial charge in [-0.1, -0.05) is 13.8 Å². The molecule has 0 aliphatic heterocycles. The SMILES string of the molecule is CC(C)(CC(=O)ON)CC(=O)ON. The van der Waals surface area contributed by atoms with E-state index in [1.807, 2.05) is 0 Å². The number of carbonyl (C=O) groups is 2. The summed E-state index contributed by atoms with van der Waals surface area (Å²) in [6, 6.07) is 0. The fourth-order valence-corrected chi connectivity index (χ4v) is 0.927. The summed E-state index contributed by atoms with van der Waals surface area (Å²) in [5, 5.41) is 0. The molecule has 0 saturated heterocycles. The smallest absolute Gasteiger partial charge is 0.324 e. The number of carbonyl (C=O) groups excluding carboxylic acids is 2. The minimum atomic E-state index is -0.574. The summed E-state index contributed by atoms with van der Waals surface area (Å²) in [7, 11) is 0. The molecule has 0 aromatic rings. The zero-order valence-corrected chi connectivity index (χ0v) is 7.70. The second-order valence-corrected chi connectivity index (χ2v) is 3.50. The van der Waals surface area contributed by atoms with Crippen LogP contribution in [-0.2, 0) is 19.3 Å². The molecule has 0 aliphatic rings. The molecule has 0 heterocycles. The Bertz CT molecular complexity index is 183. The molecule has 6 heteroatoms. The molecule has 0 atom stereocenters.